The van der Waals surface area contributed by atoms with Crippen LogP contribution in [0.25, 0.3) is 6.08 Å². The molecule has 0 saturated carbocycles. The number of hydrogen-bond acceptors (Lipinski definition) is 5. The Hall–Kier alpha value is -4.38. The summed E-state index contributed by atoms with van der Waals surface area (Å²) in [5, 5.41) is 23.0. The third-order valence-electron chi connectivity index (χ3n) is 4.79. The fourth-order valence-electron chi connectivity index (χ4n) is 3.04. The van der Waals surface area contributed by atoms with E-state index in [9.17, 15) is 46.5 Å². The Morgan fingerprint density at radius 1 is 0.974 bits per heavy atom. The first-order valence-electron chi connectivity index (χ1n) is 10.1. The van der Waals surface area contributed by atoms with E-state index in [4.69, 9.17) is 4.74 Å². The lowest BCUT2D eigenvalue weighted by Gasteiger charge is -2.12. The molecular formula is C24H12BrF6N3O4. The van der Waals surface area contributed by atoms with Crippen molar-refractivity contribution >= 4 is 39.3 Å². The van der Waals surface area contributed by atoms with Crippen LogP contribution in [0.15, 0.2) is 70.7 Å². The molecule has 0 fully saturated rings. The smallest absolute Gasteiger partial charge is 0.416 e. The molecule has 0 saturated heterocycles. The van der Waals surface area contributed by atoms with E-state index < -0.39 is 51.3 Å². The number of halogens is 7. The monoisotopic (exact) mass is 599 g/mol. The maximum absolute atomic E-state index is 13.0. The van der Waals surface area contributed by atoms with E-state index >= 15 is 0 Å². The van der Waals surface area contributed by atoms with Crippen molar-refractivity contribution in [1.82, 2.24) is 0 Å². The highest BCUT2D eigenvalue weighted by atomic mass is 79.9. The number of alkyl halides is 6. The quantitative estimate of drug-likeness (QED) is 0.103. The normalized spacial score (nSPS) is 12.0. The van der Waals surface area contributed by atoms with Gasteiger partial charge in [-0.15, -0.1) is 0 Å². The van der Waals surface area contributed by atoms with Gasteiger partial charge >= 0.3 is 18.0 Å². The molecule has 3 rings (SSSR count). The average molecular weight is 600 g/mol. The van der Waals surface area contributed by atoms with Gasteiger partial charge in [0.05, 0.1) is 16.1 Å². The molecule has 196 valence electrons. The van der Waals surface area contributed by atoms with Crippen molar-refractivity contribution in [2.75, 3.05) is 5.32 Å². The second-order valence-electron chi connectivity index (χ2n) is 7.42. The van der Waals surface area contributed by atoms with Gasteiger partial charge < -0.3 is 10.1 Å². The van der Waals surface area contributed by atoms with Crippen molar-refractivity contribution in [1.29, 1.82) is 5.26 Å². The molecule has 0 bridgehead atoms. The number of nitriles is 1. The van der Waals surface area contributed by atoms with Gasteiger partial charge in [-0.1, -0.05) is 22.0 Å². The number of carbonyl (C=O) groups excluding carboxylic acids is 1. The minimum Gasteiger partial charge on any atom is -0.449 e. The van der Waals surface area contributed by atoms with Gasteiger partial charge in [-0.3, -0.25) is 14.9 Å². The number of nitro benzene ring substituents is 1. The molecule has 3 aromatic carbocycles. The molecule has 0 aromatic heterocycles. The molecule has 0 unspecified atom stereocenters. The number of ether oxygens (including phenoxy) is 1. The zero-order valence-electron chi connectivity index (χ0n) is 18.5. The Morgan fingerprint density at radius 2 is 1.61 bits per heavy atom. The Bertz CT molecular complexity index is 1480. The zero-order valence-corrected chi connectivity index (χ0v) is 20.1. The van der Waals surface area contributed by atoms with E-state index in [0.717, 1.165) is 24.3 Å². The summed E-state index contributed by atoms with van der Waals surface area (Å²) in [6.07, 6.45) is -8.51. The van der Waals surface area contributed by atoms with Crippen molar-refractivity contribution in [2.24, 2.45) is 0 Å². The Balaban J connectivity index is 1.97. The van der Waals surface area contributed by atoms with Crippen LogP contribution in [-0.4, -0.2) is 10.8 Å². The van der Waals surface area contributed by atoms with Crippen molar-refractivity contribution in [3.05, 3.63) is 97.5 Å². The standard InChI is InChI=1S/C24H12BrF6N3O4/c25-17-5-7-20(38-21-6-4-16(24(29,30)31)11-19(21)34(36)37)13(9-17)8-14(12-32)22(35)33-18-3-1-2-15(10-18)23(26,27)28/h1-11H,(H,33,35)/b14-8+. The van der Waals surface area contributed by atoms with Gasteiger partial charge in [0, 0.05) is 21.8 Å². The van der Waals surface area contributed by atoms with Crippen LogP contribution in [0.3, 0.4) is 0 Å². The van der Waals surface area contributed by atoms with Gasteiger partial charge in [0.25, 0.3) is 5.91 Å². The molecule has 1 N–H and O–H groups in total. The van der Waals surface area contributed by atoms with Crippen LogP contribution in [0, 0.1) is 21.4 Å². The van der Waals surface area contributed by atoms with E-state index in [-0.39, 0.29) is 17.0 Å². The van der Waals surface area contributed by atoms with Crippen LogP contribution in [0.2, 0.25) is 0 Å². The number of carbonyl (C=O) groups is 1. The highest BCUT2D eigenvalue weighted by molar-refractivity contribution is 9.10. The van der Waals surface area contributed by atoms with Crippen molar-refractivity contribution in [2.45, 2.75) is 12.4 Å². The maximum atomic E-state index is 13.0. The van der Waals surface area contributed by atoms with Gasteiger partial charge in [-0.2, -0.15) is 31.6 Å². The van der Waals surface area contributed by atoms with Gasteiger partial charge in [0.2, 0.25) is 5.75 Å². The Morgan fingerprint density at radius 3 is 2.21 bits per heavy atom. The number of hydrogen-bond donors (Lipinski definition) is 1. The van der Waals surface area contributed by atoms with Crippen molar-refractivity contribution in [3.8, 4) is 17.6 Å². The third-order valence-corrected chi connectivity index (χ3v) is 5.28. The second-order valence-corrected chi connectivity index (χ2v) is 8.34. The first kappa shape index (κ1) is 28.2. The summed E-state index contributed by atoms with van der Waals surface area (Å²) in [4.78, 5) is 22.9. The number of nitro groups is 1. The summed E-state index contributed by atoms with van der Waals surface area (Å²) < 4.78 is 83.7. The average Bonchev–Trinajstić information content (AvgIpc) is 2.83. The summed E-state index contributed by atoms with van der Waals surface area (Å²) in [5.74, 6) is -1.79. The molecule has 0 radical (unpaired) electrons. The molecular weight excluding hydrogens is 588 g/mol. The second kappa shape index (κ2) is 10.9. The molecule has 38 heavy (non-hydrogen) atoms. The van der Waals surface area contributed by atoms with Crippen molar-refractivity contribution in [3.63, 3.8) is 0 Å². The number of amides is 1. The van der Waals surface area contributed by atoms with Gasteiger partial charge in [-0.05, 0) is 54.6 Å². The molecule has 7 nitrogen and oxygen atoms in total. The Kier molecular flexibility index (Phi) is 8.11. The van der Waals surface area contributed by atoms with Crippen LogP contribution >= 0.6 is 15.9 Å². The van der Waals surface area contributed by atoms with E-state index in [1.165, 1.54) is 24.3 Å². The van der Waals surface area contributed by atoms with E-state index in [2.05, 4.69) is 21.2 Å². The van der Waals surface area contributed by atoms with E-state index in [1.54, 1.807) is 6.07 Å². The van der Waals surface area contributed by atoms with Crippen LogP contribution in [-0.2, 0) is 17.1 Å². The van der Waals surface area contributed by atoms with E-state index in [0.29, 0.717) is 22.7 Å². The molecule has 3 aromatic rings. The Labute approximate surface area is 218 Å². The molecule has 0 spiro atoms. The molecule has 1 amide bonds. The first-order valence-corrected chi connectivity index (χ1v) is 10.9. The SMILES string of the molecule is N#C/C(=C\c1cc(Br)ccc1Oc1ccc(C(F)(F)F)cc1[N+](=O)[O-])C(=O)Nc1cccc(C(F)(F)F)c1. The van der Waals surface area contributed by atoms with Crippen LogP contribution in [0.1, 0.15) is 16.7 Å². The van der Waals surface area contributed by atoms with Gasteiger partial charge in [0.15, 0.2) is 0 Å². The summed E-state index contributed by atoms with van der Waals surface area (Å²) in [6, 6.07) is 11.0. The molecule has 0 heterocycles. The predicted octanol–water partition coefficient (Wildman–Crippen LogP) is 7.73. The minimum atomic E-state index is -4.84. The third kappa shape index (κ3) is 6.88. The topological polar surface area (TPSA) is 105 Å². The molecule has 0 atom stereocenters. The summed E-state index contributed by atoms with van der Waals surface area (Å²) in [5.41, 5.74) is -4.10. The lowest BCUT2D eigenvalue weighted by molar-refractivity contribution is -0.385. The predicted molar refractivity (Wildman–Crippen MR) is 126 cm³/mol. The van der Waals surface area contributed by atoms with Gasteiger partial charge in [0.1, 0.15) is 17.4 Å². The number of nitrogens with one attached hydrogen (secondary N) is 1. The molecule has 14 heteroatoms. The fourth-order valence-corrected chi connectivity index (χ4v) is 3.42. The number of nitrogens with zero attached hydrogens (tertiary/aromatic N) is 2. The summed E-state index contributed by atoms with van der Waals surface area (Å²) in [6.45, 7) is 0. The largest absolute Gasteiger partial charge is 0.449 e. The maximum Gasteiger partial charge on any atom is 0.416 e. The number of rotatable bonds is 6. The highest BCUT2D eigenvalue weighted by Crippen LogP contribution is 2.39. The summed E-state index contributed by atoms with van der Waals surface area (Å²) >= 11 is 3.17. The molecule has 0 aliphatic heterocycles. The van der Waals surface area contributed by atoms with Crippen LogP contribution in [0.5, 0.6) is 11.5 Å². The van der Waals surface area contributed by atoms with Gasteiger partial charge in [-0.25, -0.2) is 0 Å². The van der Waals surface area contributed by atoms with Crippen LogP contribution < -0.4 is 10.1 Å². The summed E-state index contributed by atoms with van der Waals surface area (Å²) in [7, 11) is 0. The first-order chi connectivity index (χ1) is 17.7. The number of benzene rings is 3. The zero-order chi connectivity index (χ0) is 28.3. The minimum absolute atomic E-state index is 0.00399. The lowest BCUT2D eigenvalue weighted by atomic mass is 10.1. The highest BCUT2D eigenvalue weighted by Gasteiger charge is 2.34. The van der Waals surface area contributed by atoms with E-state index in [1.807, 2.05) is 0 Å². The number of anilines is 1. The fraction of sp³-hybridized carbons (Fsp3) is 0.0833. The van der Waals surface area contributed by atoms with Crippen LogP contribution in [0.4, 0.5) is 37.7 Å². The van der Waals surface area contributed by atoms with Crippen molar-refractivity contribution < 1.29 is 40.8 Å². The lowest BCUT2D eigenvalue weighted by Crippen LogP contribution is -2.14. The molecule has 0 aliphatic rings. The molecule has 0 aliphatic carbocycles.